The monoisotopic (exact) mass is 274 g/mol. The molecule has 2 heterocycles. The van der Waals surface area contributed by atoms with Crippen LogP contribution in [0.5, 0.6) is 5.75 Å². The van der Waals surface area contributed by atoms with Crippen LogP contribution in [-0.2, 0) is 7.05 Å². The van der Waals surface area contributed by atoms with E-state index in [-0.39, 0.29) is 6.04 Å². The predicted octanol–water partition coefficient (Wildman–Crippen LogP) is 2.22. The molecule has 0 amide bonds. The van der Waals surface area contributed by atoms with Gasteiger partial charge in [0.25, 0.3) is 0 Å². The zero-order valence-corrected chi connectivity index (χ0v) is 12.6. The van der Waals surface area contributed by atoms with E-state index in [9.17, 15) is 0 Å². The molecule has 20 heavy (non-hydrogen) atoms. The van der Waals surface area contributed by atoms with Gasteiger partial charge in [-0.3, -0.25) is 9.67 Å². The van der Waals surface area contributed by atoms with Crippen molar-refractivity contribution < 1.29 is 4.74 Å². The average Bonchev–Trinajstić information content (AvgIpc) is 2.82. The van der Waals surface area contributed by atoms with Crippen LogP contribution in [0.25, 0.3) is 0 Å². The number of aryl methyl sites for hydroxylation is 2. The number of rotatable bonds is 6. The molecule has 2 aromatic heterocycles. The molecule has 1 atom stereocenters. The van der Waals surface area contributed by atoms with E-state index >= 15 is 0 Å². The lowest BCUT2D eigenvalue weighted by Gasteiger charge is -2.21. The molecule has 0 saturated carbocycles. The summed E-state index contributed by atoms with van der Waals surface area (Å²) in [4.78, 5) is 4.54. The number of ether oxygens (including phenoxy) is 1. The van der Waals surface area contributed by atoms with Crippen molar-refractivity contribution in [2.75, 3.05) is 13.7 Å². The van der Waals surface area contributed by atoms with Gasteiger partial charge in [0.05, 0.1) is 25.0 Å². The van der Waals surface area contributed by atoms with Crippen LogP contribution in [-0.4, -0.2) is 28.4 Å². The zero-order chi connectivity index (χ0) is 14.5. The lowest BCUT2D eigenvalue weighted by molar-refractivity contribution is 0.399. The lowest BCUT2D eigenvalue weighted by Crippen LogP contribution is -2.27. The fraction of sp³-hybridized carbons (Fsp3) is 0.467. The highest BCUT2D eigenvalue weighted by Crippen LogP contribution is 2.29. The topological polar surface area (TPSA) is 52.0 Å². The number of aromatic nitrogens is 3. The highest BCUT2D eigenvalue weighted by molar-refractivity contribution is 5.36. The highest BCUT2D eigenvalue weighted by Gasteiger charge is 2.24. The summed E-state index contributed by atoms with van der Waals surface area (Å²) in [7, 11) is 3.60. The third-order valence-electron chi connectivity index (χ3n) is 3.36. The molecule has 1 N–H and O–H groups in total. The van der Waals surface area contributed by atoms with Gasteiger partial charge >= 0.3 is 0 Å². The standard InChI is InChI=1S/C15H22N4O/c1-5-8-16-14(13-11(2)7-6-9-17-13)15-12(20-4)10-18-19(15)3/h6-7,9-10,14,16H,5,8H2,1-4H3. The van der Waals surface area contributed by atoms with Gasteiger partial charge in [-0.15, -0.1) is 0 Å². The van der Waals surface area contributed by atoms with Gasteiger partial charge in [0.1, 0.15) is 5.69 Å². The van der Waals surface area contributed by atoms with Gasteiger partial charge in [0.2, 0.25) is 0 Å². The smallest absolute Gasteiger partial charge is 0.161 e. The molecule has 0 aliphatic heterocycles. The van der Waals surface area contributed by atoms with Crippen LogP contribution in [0.4, 0.5) is 0 Å². The van der Waals surface area contributed by atoms with Crippen LogP contribution in [0.3, 0.4) is 0 Å². The molecule has 0 radical (unpaired) electrons. The molecule has 1 unspecified atom stereocenters. The van der Waals surface area contributed by atoms with Gasteiger partial charge in [-0.2, -0.15) is 5.10 Å². The highest BCUT2D eigenvalue weighted by atomic mass is 16.5. The third-order valence-corrected chi connectivity index (χ3v) is 3.36. The summed E-state index contributed by atoms with van der Waals surface area (Å²) in [5.74, 6) is 0.783. The lowest BCUT2D eigenvalue weighted by atomic mass is 10.0. The first kappa shape index (κ1) is 14.5. The van der Waals surface area contributed by atoms with E-state index in [0.717, 1.165) is 35.7 Å². The Labute approximate surface area is 120 Å². The van der Waals surface area contributed by atoms with Crippen molar-refractivity contribution in [2.24, 2.45) is 7.05 Å². The van der Waals surface area contributed by atoms with Crippen molar-refractivity contribution in [3.05, 3.63) is 41.5 Å². The zero-order valence-electron chi connectivity index (χ0n) is 12.6. The maximum atomic E-state index is 5.44. The molecule has 0 aliphatic carbocycles. The van der Waals surface area contributed by atoms with Gasteiger partial charge in [-0.25, -0.2) is 0 Å². The number of hydrogen-bond donors (Lipinski definition) is 1. The predicted molar refractivity (Wildman–Crippen MR) is 78.9 cm³/mol. The minimum absolute atomic E-state index is 0.0152. The van der Waals surface area contributed by atoms with Gasteiger partial charge in [-0.1, -0.05) is 13.0 Å². The maximum Gasteiger partial charge on any atom is 0.161 e. The maximum absolute atomic E-state index is 5.44. The molecule has 5 heteroatoms. The van der Waals surface area contributed by atoms with Crippen LogP contribution in [0, 0.1) is 6.92 Å². The Kier molecular flexibility index (Phi) is 4.74. The Morgan fingerprint density at radius 3 is 2.90 bits per heavy atom. The molecule has 2 rings (SSSR count). The second-order valence-corrected chi connectivity index (χ2v) is 4.81. The van der Waals surface area contributed by atoms with E-state index in [0.29, 0.717) is 0 Å². The van der Waals surface area contributed by atoms with Gasteiger partial charge in [-0.05, 0) is 31.5 Å². The van der Waals surface area contributed by atoms with E-state index in [1.807, 2.05) is 24.0 Å². The van der Waals surface area contributed by atoms with E-state index in [4.69, 9.17) is 4.74 Å². The minimum Gasteiger partial charge on any atom is -0.493 e. The number of methoxy groups -OCH3 is 1. The second kappa shape index (κ2) is 6.52. The third kappa shape index (κ3) is 2.82. The van der Waals surface area contributed by atoms with Gasteiger partial charge in [0.15, 0.2) is 5.75 Å². The molecular weight excluding hydrogens is 252 g/mol. The van der Waals surface area contributed by atoms with E-state index < -0.39 is 0 Å². The van der Waals surface area contributed by atoms with Crippen molar-refractivity contribution in [3.8, 4) is 5.75 Å². The van der Waals surface area contributed by atoms with Crippen molar-refractivity contribution in [2.45, 2.75) is 26.3 Å². The summed E-state index contributed by atoms with van der Waals surface area (Å²) in [6.45, 7) is 5.14. The number of pyridine rings is 1. The summed E-state index contributed by atoms with van der Waals surface area (Å²) in [6, 6.07) is 4.01. The Morgan fingerprint density at radius 2 is 2.25 bits per heavy atom. The molecule has 0 aromatic carbocycles. The summed E-state index contributed by atoms with van der Waals surface area (Å²) >= 11 is 0. The molecular formula is C15H22N4O. The van der Waals surface area contributed by atoms with Crippen LogP contribution in [0.2, 0.25) is 0 Å². The number of hydrogen-bond acceptors (Lipinski definition) is 4. The van der Waals surface area contributed by atoms with Gasteiger partial charge < -0.3 is 10.1 Å². The van der Waals surface area contributed by atoms with Crippen molar-refractivity contribution in [1.82, 2.24) is 20.1 Å². The summed E-state index contributed by atoms with van der Waals surface area (Å²) < 4.78 is 7.28. The molecule has 0 aliphatic rings. The molecule has 0 bridgehead atoms. The first-order valence-electron chi connectivity index (χ1n) is 6.89. The summed E-state index contributed by atoms with van der Waals surface area (Å²) in [6.07, 6.45) is 4.63. The number of nitrogens with one attached hydrogen (secondary N) is 1. The van der Waals surface area contributed by atoms with E-state index in [1.165, 1.54) is 0 Å². The Morgan fingerprint density at radius 1 is 1.45 bits per heavy atom. The largest absolute Gasteiger partial charge is 0.493 e. The van der Waals surface area contributed by atoms with Gasteiger partial charge in [0, 0.05) is 13.2 Å². The van der Waals surface area contributed by atoms with Crippen molar-refractivity contribution >= 4 is 0 Å². The Bertz CT molecular complexity index is 565. The Balaban J connectivity index is 2.47. The van der Waals surface area contributed by atoms with Crippen molar-refractivity contribution in [3.63, 3.8) is 0 Å². The van der Waals surface area contributed by atoms with Crippen LogP contribution in [0.15, 0.2) is 24.5 Å². The molecule has 0 saturated heterocycles. The quantitative estimate of drug-likeness (QED) is 0.877. The Hall–Kier alpha value is -1.88. The van der Waals surface area contributed by atoms with E-state index in [1.54, 1.807) is 13.3 Å². The summed E-state index contributed by atoms with van der Waals surface area (Å²) in [5, 5.41) is 7.84. The first-order chi connectivity index (χ1) is 9.69. The van der Waals surface area contributed by atoms with E-state index in [2.05, 4.69) is 35.3 Å². The normalized spacial score (nSPS) is 12.4. The fourth-order valence-corrected chi connectivity index (χ4v) is 2.32. The van der Waals surface area contributed by atoms with Crippen LogP contribution in [0.1, 0.15) is 36.3 Å². The summed E-state index contributed by atoms with van der Waals surface area (Å²) in [5.41, 5.74) is 3.18. The molecule has 0 spiro atoms. The second-order valence-electron chi connectivity index (χ2n) is 4.81. The number of nitrogens with zero attached hydrogens (tertiary/aromatic N) is 3. The molecule has 0 fully saturated rings. The van der Waals surface area contributed by atoms with Crippen LogP contribution < -0.4 is 10.1 Å². The average molecular weight is 274 g/mol. The minimum atomic E-state index is -0.0152. The first-order valence-corrected chi connectivity index (χ1v) is 6.89. The fourth-order valence-electron chi connectivity index (χ4n) is 2.32. The molecule has 2 aromatic rings. The molecule has 108 valence electrons. The molecule has 5 nitrogen and oxygen atoms in total. The SMILES string of the molecule is CCCNC(c1ncccc1C)c1c(OC)cnn1C. The van der Waals surface area contributed by atoms with Crippen molar-refractivity contribution in [1.29, 1.82) is 0 Å². The van der Waals surface area contributed by atoms with Crippen LogP contribution >= 0.6 is 0 Å².